The van der Waals surface area contributed by atoms with Crippen LogP contribution in [0, 0.1) is 17.3 Å². The second-order valence-corrected chi connectivity index (χ2v) is 5.98. The van der Waals surface area contributed by atoms with E-state index in [1.165, 1.54) is 12.8 Å². The normalized spacial score (nSPS) is 20.6. The summed E-state index contributed by atoms with van der Waals surface area (Å²) >= 11 is 0. The average Bonchev–Trinajstić information content (AvgIpc) is 2.29. The van der Waals surface area contributed by atoms with Gasteiger partial charge in [-0.2, -0.15) is 0 Å². The van der Waals surface area contributed by atoms with Crippen molar-refractivity contribution >= 4 is 0 Å². The van der Waals surface area contributed by atoms with Crippen LogP contribution in [0.5, 0.6) is 0 Å². The highest BCUT2D eigenvalue weighted by Crippen LogP contribution is 2.26. The van der Waals surface area contributed by atoms with Crippen LogP contribution in [0.4, 0.5) is 0 Å². The number of hydrogen-bond donors (Lipinski definition) is 2. The van der Waals surface area contributed by atoms with Gasteiger partial charge in [0.05, 0.1) is 13.2 Å². The molecule has 2 N–H and O–H groups in total. The Morgan fingerprint density at radius 3 is 2.06 bits per heavy atom. The van der Waals surface area contributed by atoms with E-state index < -0.39 is 0 Å². The van der Waals surface area contributed by atoms with E-state index >= 15 is 0 Å². The summed E-state index contributed by atoms with van der Waals surface area (Å²) in [6.45, 7) is 9.70. The van der Waals surface area contributed by atoms with Gasteiger partial charge in [-0.05, 0) is 37.8 Å². The number of aliphatic hydroxyl groups excluding tert-OH is 2. The van der Waals surface area contributed by atoms with Gasteiger partial charge >= 0.3 is 0 Å². The van der Waals surface area contributed by atoms with Gasteiger partial charge in [0.2, 0.25) is 0 Å². The Kier molecular flexibility index (Phi) is 5.22. The van der Waals surface area contributed by atoms with Crippen LogP contribution in [-0.4, -0.2) is 48.0 Å². The van der Waals surface area contributed by atoms with Crippen LogP contribution in [0.1, 0.15) is 33.6 Å². The summed E-state index contributed by atoms with van der Waals surface area (Å²) in [4.78, 5) is 2.38. The molecule has 0 atom stereocenters. The number of nitrogens with zero attached hydrogens (tertiary/aromatic N) is 1. The lowest BCUT2D eigenvalue weighted by atomic mass is 9.85. The molecule has 0 amide bonds. The van der Waals surface area contributed by atoms with E-state index in [1.54, 1.807) is 0 Å². The third-order valence-electron chi connectivity index (χ3n) is 3.94. The number of hydrogen-bond acceptors (Lipinski definition) is 3. The highest BCUT2D eigenvalue weighted by molar-refractivity contribution is 4.81. The molecule has 0 aromatic heterocycles. The van der Waals surface area contributed by atoms with Crippen molar-refractivity contribution in [1.29, 1.82) is 0 Å². The molecule has 0 aromatic carbocycles. The molecule has 3 nitrogen and oxygen atoms in total. The minimum absolute atomic E-state index is 0.0631. The van der Waals surface area contributed by atoms with Crippen molar-refractivity contribution in [3.8, 4) is 0 Å². The SMILES string of the molecule is CC(C)C1CCN(CC(C)(CO)CO)CC1. The molecule has 1 rings (SSSR count). The molecular weight excluding hydrogens is 202 g/mol. The van der Waals surface area contributed by atoms with Crippen LogP contribution in [0.3, 0.4) is 0 Å². The van der Waals surface area contributed by atoms with Crippen LogP contribution >= 0.6 is 0 Å². The zero-order valence-electron chi connectivity index (χ0n) is 10.9. The minimum Gasteiger partial charge on any atom is -0.396 e. The van der Waals surface area contributed by atoms with Gasteiger partial charge in [-0.25, -0.2) is 0 Å². The smallest absolute Gasteiger partial charge is 0.0519 e. The summed E-state index contributed by atoms with van der Waals surface area (Å²) in [6.07, 6.45) is 2.51. The number of aliphatic hydroxyl groups is 2. The lowest BCUT2D eigenvalue weighted by Crippen LogP contribution is -2.44. The van der Waals surface area contributed by atoms with Gasteiger partial charge in [0.15, 0.2) is 0 Å². The lowest BCUT2D eigenvalue weighted by molar-refractivity contribution is 0.0222. The highest BCUT2D eigenvalue weighted by Gasteiger charge is 2.28. The first-order chi connectivity index (χ1) is 7.50. The van der Waals surface area contributed by atoms with Crippen molar-refractivity contribution in [1.82, 2.24) is 4.90 Å². The Hall–Kier alpha value is -0.120. The zero-order chi connectivity index (χ0) is 12.2. The van der Waals surface area contributed by atoms with Gasteiger partial charge in [-0.3, -0.25) is 0 Å². The second-order valence-electron chi connectivity index (χ2n) is 5.98. The first-order valence-electron chi connectivity index (χ1n) is 6.45. The molecular formula is C13H27NO2. The summed E-state index contributed by atoms with van der Waals surface area (Å²) in [5.41, 5.74) is -0.343. The topological polar surface area (TPSA) is 43.7 Å². The van der Waals surface area contributed by atoms with Crippen LogP contribution in [0.2, 0.25) is 0 Å². The quantitative estimate of drug-likeness (QED) is 0.748. The monoisotopic (exact) mass is 229 g/mol. The summed E-state index contributed by atoms with van der Waals surface area (Å²) in [7, 11) is 0. The van der Waals surface area contributed by atoms with E-state index in [-0.39, 0.29) is 18.6 Å². The molecule has 96 valence electrons. The van der Waals surface area contributed by atoms with Gasteiger partial charge in [-0.1, -0.05) is 20.8 Å². The molecule has 16 heavy (non-hydrogen) atoms. The standard InChI is InChI=1S/C13H27NO2/c1-11(2)12-4-6-14(7-5-12)8-13(3,9-15)10-16/h11-12,15-16H,4-10H2,1-3H3. The Labute approximate surface area is 99.5 Å². The van der Waals surface area contributed by atoms with E-state index in [1.807, 2.05) is 6.92 Å². The fourth-order valence-corrected chi connectivity index (χ4v) is 2.47. The van der Waals surface area contributed by atoms with E-state index in [9.17, 15) is 10.2 Å². The molecule has 3 heteroatoms. The largest absolute Gasteiger partial charge is 0.396 e. The van der Waals surface area contributed by atoms with Crippen molar-refractivity contribution in [2.75, 3.05) is 32.8 Å². The van der Waals surface area contributed by atoms with Gasteiger partial charge in [-0.15, -0.1) is 0 Å². The van der Waals surface area contributed by atoms with Crippen LogP contribution in [0.25, 0.3) is 0 Å². The first-order valence-corrected chi connectivity index (χ1v) is 6.45. The van der Waals surface area contributed by atoms with E-state index in [0.29, 0.717) is 0 Å². The zero-order valence-corrected chi connectivity index (χ0v) is 10.9. The van der Waals surface area contributed by atoms with Gasteiger partial charge in [0, 0.05) is 12.0 Å². The van der Waals surface area contributed by atoms with Crippen molar-refractivity contribution < 1.29 is 10.2 Å². The van der Waals surface area contributed by atoms with Crippen molar-refractivity contribution in [3.05, 3.63) is 0 Å². The fourth-order valence-electron chi connectivity index (χ4n) is 2.47. The number of likely N-dealkylation sites (tertiary alicyclic amines) is 1. The molecule has 1 aliphatic rings. The van der Waals surface area contributed by atoms with Crippen LogP contribution < -0.4 is 0 Å². The molecule has 1 fully saturated rings. The number of piperidine rings is 1. The molecule has 1 heterocycles. The van der Waals surface area contributed by atoms with Crippen molar-refractivity contribution in [2.45, 2.75) is 33.6 Å². The third kappa shape index (κ3) is 3.72. The summed E-state index contributed by atoms with van der Waals surface area (Å²) in [5, 5.41) is 18.5. The average molecular weight is 229 g/mol. The first kappa shape index (κ1) is 13.9. The van der Waals surface area contributed by atoms with Gasteiger partial charge in [0.1, 0.15) is 0 Å². The maximum Gasteiger partial charge on any atom is 0.0519 e. The summed E-state index contributed by atoms with van der Waals surface area (Å²) in [5.74, 6) is 1.63. The van der Waals surface area contributed by atoms with Gasteiger partial charge in [0.25, 0.3) is 0 Å². The van der Waals surface area contributed by atoms with Crippen LogP contribution in [0.15, 0.2) is 0 Å². The van der Waals surface area contributed by atoms with Gasteiger partial charge < -0.3 is 15.1 Å². The Morgan fingerprint density at radius 1 is 1.19 bits per heavy atom. The molecule has 0 unspecified atom stereocenters. The molecule has 0 radical (unpaired) electrons. The molecule has 1 saturated heterocycles. The van der Waals surface area contributed by atoms with E-state index in [2.05, 4.69) is 18.7 Å². The Morgan fingerprint density at radius 2 is 1.69 bits per heavy atom. The van der Waals surface area contributed by atoms with Crippen LogP contribution in [-0.2, 0) is 0 Å². The molecule has 0 aliphatic carbocycles. The molecule has 0 saturated carbocycles. The summed E-state index contributed by atoms with van der Waals surface area (Å²) in [6, 6.07) is 0. The molecule has 1 aliphatic heterocycles. The predicted octanol–water partition coefficient (Wildman–Crippen LogP) is 1.35. The maximum absolute atomic E-state index is 9.27. The fraction of sp³-hybridized carbons (Fsp3) is 1.00. The number of rotatable bonds is 5. The lowest BCUT2D eigenvalue weighted by Gasteiger charge is -2.38. The van der Waals surface area contributed by atoms with Crippen molar-refractivity contribution in [3.63, 3.8) is 0 Å². The molecule has 0 aromatic rings. The van der Waals surface area contributed by atoms with E-state index in [0.717, 1.165) is 31.5 Å². The predicted molar refractivity (Wildman–Crippen MR) is 66.3 cm³/mol. The maximum atomic E-state index is 9.27. The summed E-state index contributed by atoms with van der Waals surface area (Å²) < 4.78 is 0. The Bertz CT molecular complexity index is 194. The second kappa shape index (κ2) is 5.99. The minimum atomic E-state index is -0.343. The molecule has 0 bridgehead atoms. The molecule has 0 spiro atoms. The van der Waals surface area contributed by atoms with E-state index in [4.69, 9.17) is 0 Å². The highest BCUT2D eigenvalue weighted by atomic mass is 16.3. The van der Waals surface area contributed by atoms with Crippen molar-refractivity contribution in [2.24, 2.45) is 17.3 Å². The third-order valence-corrected chi connectivity index (χ3v) is 3.94. The Balaban J connectivity index is 2.37.